The van der Waals surface area contributed by atoms with Gasteiger partial charge in [0.25, 0.3) is 0 Å². The minimum atomic E-state index is -0.948. The average molecular weight is 380 g/mol. The van der Waals surface area contributed by atoms with Crippen LogP contribution in [0, 0.1) is 0 Å². The summed E-state index contributed by atoms with van der Waals surface area (Å²) in [6.45, 7) is 1.55. The van der Waals surface area contributed by atoms with Crippen molar-refractivity contribution in [3.05, 3.63) is 72.1 Å². The Balaban J connectivity index is 1.72. The van der Waals surface area contributed by atoms with Crippen molar-refractivity contribution in [2.24, 2.45) is 0 Å². The molecule has 0 spiro atoms. The molecule has 0 saturated carbocycles. The van der Waals surface area contributed by atoms with Crippen molar-refractivity contribution >= 4 is 11.8 Å². The molecule has 0 aliphatic rings. The first-order chi connectivity index (χ1) is 13.6. The lowest BCUT2D eigenvalue weighted by Crippen LogP contribution is -2.31. The van der Waals surface area contributed by atoms with Crippen LogP contribution < -0.4 is 4.74 Å². The van der Waals surface area contributed by atoms with Gasteiger partial charge in [-0.1, -0.05) is 30.3 Å². The molecule has 0 unspecified atom stereocenters. The molecule has 0 amide bonds. The fourth-order valence-corrected chi connectivity index (χ4v) is 2.73. The Labute approximate surface area is 162 Å². The molecule has 28 heavy (non-hydrogen) atoms. The lowest BCUT2D eigenvalue weighted by molar-refractivity contribution is -0.150. The minimum Gasteiger partial charge on any atom is -0.497 e. The summed E-state index contributed by atoms with van der Waals surface area (Å²) in [7, 11) is 1.55. The number of tetrazole rings is 1. The molecule has 0 N–H and O–H groups in total. The summed E-state index contributed by atoms with van der Waals surface area (Å²) in [5.74, 6) is -0.237. The highest BCUT2D eigenvalue weighted by Crippen LogP contribution is 2.18. The summed E-state index contributed by atoms with van der Waals surface area (Å²) < 4.78 is 11.9. The van der Waals surface area contributed by atoms with Gasteiger partial charge in [-0.25, -0.2) is 9.48 Å². The molecule has 0 bridgehead atoms. The molecule has 1 aromatic heterocycles. The molecule has 2 atom stereocenters. The Morgan fingerprint density at radius 2 is 1.79 bits per heavy atom. The number of ketones is 1. The maximum atomic E-state index is 12.8. The third kappa shape index (κ3) is 4.59. The van der Waals surface area contributed by atoms with Crippen molar-refractivity contribution < 1.29 is 19.1 Å². The van der Waals surface area contributed by atoms with E-state index in [0.29, 0.717) is 17.7 Å². The summed E-state index contributed by atoms with van der Waals surface area (Å²) in [5.41, 5.74) is 1.36. The number of esters is 1. The average Bonchev–Trinajstić information content (AvgIpc) is 3.26. The monoisotopic (exact) mass is 380 g/mol. The molecule has 0 saturated heterocycles. The zero-order chi connectivity index (χ0) is 19.9. The normalized spacial score (nSPS) is 12.8. The van der Waals surface area contributed by atoms with Crippen molar-refractivity contribution in [3.63, 3.8) is 0 Å². The topological polar surface area (TPSA) is 96.2 Å². The first-order valence-electron chi connectivity index (χ1n) is 8.73. The molecular weight excluding hydrogens is 360 g/mol. The Morgan fingerprint density at radius 3 is 2.39 bits per heavy atom. The van der Waals surface area contributed by atoms with E-state index >= 15 is 0 Å². The molecule has 3 aromatic rings. The van der Waals surface area contributed by atoms with Crippen molar-refractivity contribution in [2.45, 2.75) is 25.5 Å². The van der Waals surface area contributed by atoms with Crippen LogP contribution in [0.15, 0.2) is 60.9 Å². The number of carbonyl (C=O) groups is 2. The molecule has 2 aromatic carbocycles. The highest BCUT2D eigenvalue weighted by Gasteiger charge is 2.28. The van der Waals surface area contributed by atoms with E-state index in [-0.39, 0.29) is 5.78 Å². The fourth-order valence-electron chi connectivity index (χ4n) is 2.73. The van der Waals surface area contributed by atoms with Crippen molar-refractivity contribution in [2.75, 3.05) is 7.11 Å². The van der Waals surface area contributed by atoms with Gasteiger partial charge in [0.2, 0.25) is 5.78 Å². The first-order valence-corrected chi connectivity index (χ1v) is 8.73. The highest BCUT2D eigenvalue weighted by molar-refractivity contribution is 6.00. The Hall–Kier alpha value is -3.55. The number of rotatable bonds is 8. The summed E-state index contributed by atoms with van der Waals surface area (Å²) in [6, 6.07) is 15.3. The Kier molecular flexibility index (Phi) is 6.11. The standard InChI is InChI=1S/C20H20N4O4/c1-14(19(25)16-8-10-17(27-2)11-9-16)28-20(26)18(24-13-21-22-23-24)12-15-6-4-3-5-7-15/h3-11,13-14,18H,12H2,1-2H3/t14-,18+/m0/s1. The predicted octanol–water partition coefficient (Wildman–Crippen LogP) is 2.28. The fraction of sp³-hybridized carbons (Fsp3) is 0.250. The van der Waals surface area contributed by atoms with Crippen LogP contribution in [0.5, 0.6) is 5.75 Å². The number of aromatic nitrogens is 4. The summed E-state index contributed by atoms with van der Waals surface area (Å²) in [5, 5.41) is 11.0. The van der Waals surface area contributed by atoms with E-state index in [9.17, 15) is 9.59 Å². The van der Waals surface area contributed by atoms with Crippen LogP contribution in [0.1, 0.15) is 28.9 Å². The number of Topliss-reactive ketones (excluding diaryl/α,β-unsaturated/α-hetero) is 1. The van der Waals surface area contributed by atoms with Crippen molar-refractivity contribution in [1.29, 1.82) is 0 Å². The van der Waals surface area contributed by atoms with Gasteiger partial charge in [0.05, 0.1) is 7.11 Å². The van der Waals surface area contributed by atoms with Gasteiger partial charge in [-0.05, 0) is 47.2 Å². The SMILES string of the molecule is COc1ccc(C(=O)[C@H](C)OC(=O)[C@@H](Cc2ccccc2)n2cnnn2)cc1. The second-order valence-electron chi connectivity index (χ2n) is 6.17. The Bertz CT molecular complexity index is 911. The summed E-state index contributed by atoms with van der Waals surface area (Å²) >= 11 is 0. The predicted molar refractivity (Wildman–Crippen MR) is 99.9 cm³/mol. The van der Waals surface area contributed by atoms with Gasteiger partial charge < -0.3 is 9.47 Å². The molecule has 8 nitrogen and oxygen atoms in total. The molecule has 0 aliphatic carbocycles. The molecule has 3 rings (SSSR count). The molecule has 0 fully saturated rings. The molecular formula is C20H20N4O4. The highest BCUT2D eigenvalue weighted by atomic mass is 16.5. The van der Waals surface area contributed by atoms with Gasteiger partial charge in [0.1, 0.15) is 12.1 Å². The summed E-state index contributed by atoms with van der Waals surface area (Å²) in [6.07, 6.45) is 0.745. The van der Waals surface area contributed by atoms with Crippen LogP contribution in [-0.2, 0) is 16.0 Å². The number of ether oxygens (including phenoxy) is 2. The van der Waals surface area contributed by atoms with E-state index in [1.807, 2.05) is 30.3 Å². The van der Waals surface area contributed by atoms with E-state index < -0.39 is 18.1 Å². The van der Waals surface area contributed by atoms with E-state index in [1.165, 1.54) is 11.0 Å². The number of hydrogen-bond donors (Lipinski definition) is 0. The van der Waals surface area contributed by atoms with Crippen LogP contribution in [0.3, 0.4) is 0 Å². The number of benzene rings is 2. The minimum absolute atomic E-state index is 0.300. The second-order valence-corrected chi connectivity index (χ2v) is 6.17. The first kappa shape index (κ1) is 19.2. The number of methoxy groups -OCH3 is 1. The van der Waals surface area contributed by atoms with Crippen LogP contribution in [0.25, 0.3) is 0 Å². The molecule has 144 valence electrons. The van der Waals surface area contributed by atoms with Crippen LogP contribution in [0.4, 0.5) is 0 Å². The summed E-state index contributed by atoms with van der Waals surface area (Å²) in [4.78, 5) is 25.4. The molecule has 8 heteroatoms. The van der Waals surface area contributed by atoms with E-state index in [1.54, 1.807) is 38.3 Å². The van der Waals surface area contributed by atoms with Gasteiger partial charge in [0.15, 0.2) is 12.1 Å². The van der Waals surface area contributed by atoms with Gasteiger partial charge in [-0.3, -0.25) is 4.79 Å². The quantitative estimate of drug-likeness (QED) is 0.437. The third-order valence-corrected chi connectivity index (χ3v) is 4.26. The van der Waals surface area contributed by atoms with Gasteiger partial charge in [-0.2, -0.15) is 0 Å². The van der Waals surface area contributed by atoms with E-state index in [2.05, 4.69) is 15.5 Å². The lowest BCUT2D eigenvalue weighted by Gasteiger charge is -2.19. The number of carbonyl (C=O) groups excluding carboxylic acids is 2. The van der Waals surface area contributed by atoms with Crippen molar-refractivity contribution in [1.82, 2.24) is 20.2 Å². The largest absolute Gasteiger partial charge is 0.497 e. The maximum absolute atomic E-state index is 12.8. The molecule has 0 aliphatic heterocycles. The smallest absolute Gasteiger partial charge is 0.332 e. The third-order valence-electron chi connectivity index (χ3n) is 4.26. The van der Waals surface area contributed by atoms with Gasteiger partial charge in [0, 0.05) is 12.0 Å². The zero-order valence-corrected chi connectivity index (χ0v) is 15.6. The molecule has 1 heterocycles. The number of hydrogen-bond acceptors (Lipinski definition) is 7. The lowest BCUT2D eigenvalue weighted by atomic mass is 10.1. The maximum Gasteiger partial charge on any atom is 0.332 e. The zero-order valence-electron chi connectivity index (χ0n) is 15.6. The Morgan fingerprint density at radius 1 is 1.07 bits per heavy atom. The second kappa shape index (κ2) is 8.90. The van der Waals surface area contributed by atoms with Crippen LogP contribution in [0.2, 0.25) is 0 Å². The van der Waals surface area contributed by atoms with Gasteiger partial charge in [-0.15, -0.1) is 5.10 Å². The van der Waals surface area contributed by atoms with Crippen molar-refractivity contribution in [3.8, 4) is 5.75 Å². The van der Waals surface area contributed by atoms with E-state index in [4.69, 9.17) is 9.47 Å². The molecule has 0 radical (unpaired) electrons. The van der Waals surface area contributed by atoms with Gasteiger partial charge >= 0.3 is 5.97 Å². The van der Waals surface area contributed by atoms with E-state index in [0.717, 1.165) is 5.56 Å². The van der Waals surface area contributed by atoms with Crippen LogP contribution in [-0.4, -0.2) is 45.2 Å². The van der Waals surface area contributed by atoms with Crippen LogP contribution >= 0.6 is 0 Å². The number of nitrogens with zero attached hydrogens (tertiary/aromatic N) is 4.